The molecule has 182 valence electrons. The van der Waals surface area contributed by atoms with E-state index in [0.717, 1.165) is 62.7 Å². The molecule has 2 N–H and O–H groups in total. The summed E-state index contributed by atoms with van der Waals surface area (Å²) in [6.07, 6.45) is 18.3. The van der Waals surface area contributed by atoms with Crippen LogP contribution in [-0.2, 0) is 6.54 Å². The molecule has 0 aromatic carbocycles. The van der Waals surface area contributed by atoms with E-state index in [1.807, 2.05) is 4.68 Å². The molecule has 1 saturated heterocycles. The second-order valence-corrected chi connectivity index (χ2v) is 12.2. The van der Waals surface area contributed by atoms with Gasteiger partial charge in [-0.05, 0) is 107 Å². The highest BCUT2D eigenvalue weighted by atomic mass is 16.5. The first-order valence-corrected chi connectivity index (χ1v) is 13.9. The van der Waals surface area contributed by atoms with Crippen LogP contribution in [0.25, 0.3) is 0 Å². The predicted octanol–water partition coefficient (Wildman–Crippen LogP) is 4.54. The molecule has 7 rings (SSSR count). The molecule has 1 amide bonds. The van der Waals surface area contributed by atoms with Crippen LogP contribution < -0.4 is 15.4 Å². The molecule has 6 nitrogen and oxygen atoms in total. The first-order chi connectivity index (χ1) is 16.2. The highest BCUT2D eigenvalue weighted by Gasteiger charge is 2.51. The highest BCUT2D eigenvalue weighted by Crippen LogP contribution is 2.55. The van der Waals surface area contributed by atoms with Crippen molar-refractivity contribution in [1.82, 2.24) is 20.4 Å². The lowest BCUT2D eigenvalue weighted by molar-refractivity contribution is -0.0167. The van der Waals surface area contributed by atoms with Gasteiger partial charge in [0.05, 0.1) is 12.8 Å². The van der Waals surface area contributed by atoms with E-state index in [2.05, 4.69) is 10.6 Å². The molecule has 0 unspecified atom stereocenters. The molecule has 33 heavy (non-hydrogen) atoms. The first-order valence-electron chi connectivity index (χ1n) is 13.9. The van der Waals surface area contributed by atoms with Gasteiger partial charge in [0, 0.05) is 12.1 Å². The number of hydrogen-bond donors (Lipinski definition) is 2. The number of amides is 1. The number of rotatable bonds is 7. The molecule has 1 aliphatic heterocycles. The highest BCUT2D eigenvalue weighted by molar-refractivity contribution is 5.96. The minimum absolute atomic E-state index is 0.0175. The van der Waals surface area contributed by atoms with Gasteiger partial charge in [-0.2, -0.15) is 5.10 Å². The maximum Gasteiger partial charge on any atom is 0.258 e. The first kappa shape index (κ1) is 21.9. The van der Waals surface area contributed by atoms with E-state index in [4.69, 9.17) is 9.84 Å². The van der Waals surface area contributed by atoms with Gasteiger partial charge in [0.25, 0.3) is 5.91 Å². The summed E-state index contributed by atoms with van der Waals surface area (Å²) in [5.74, 6) is 4.44. The number of carbonyl (C=O) groups is 1. The number of carbonyl (C=O) groups excluding carboxylic acids is 1. The van der Waals surface area contributed by atoms with Crippen LogP contribution in [0.15, 0.2) is 6.20 Å². The number of aromatic nitrogens is 2. The Labute approximate surface area is 198 Å². The third kappa shape index (κ3) is 4.69. The number of ether oxygens (including phenoxy) is 1. The van der Waals surface area contributed by atoms with Gasteiger partial charge in [-0.25, -0.2) is 4.68 Å². The molecule has 0 atom stereocenters. The van der Waals surface area contributed by atoms with Crippen LogP contribution >= 0.6 is 0 Å². The van der Waals surface area contributed by atoms with Gasteiger partial charge in [-0.3, -0.25) is 4.79 Å². The van der Waals surface area contributed by atoms with Crippen molar-refractivity contribution in [3.63, 3.8) is 0 Å². The maximum absolute atomic E-state index is 13.7. The largest absolute Gasteiger partial charge is 0.477 e. The summed E-state index contributed by atoms with van der Waals surface area (Å²) < 4.78 is 8.46. The molecule has 0 radical (unpaired) electrons. The third-order valence-electron chi connectivity index (χ3n) is 9.52. The summed E-state index contributed by atoms with van der Waals surface area (Å²) in [7, 11) is 0. The standard InChI is InChI=1S/C27H42N4O2/c32-25(30-27-13-21-10-22(14-27)12-23(11-21)15-27)24-16-29-31(17-19-6-8-28-9-7-19)26(24)33-18-20-4-2-1-3-5-20/h16,19-23,28H,1-15,17-18H2,(H,30,32). The van der Waals surface area contributed by atoms with Crippen molar-refractivity contribution in [2.45, 2.75) is 95.6 Å². The molecular weight excluding hydrogens is 412 g/mol. The van der Waals surface area contributed by atoms with Crippen molar-refractivity contribution in [3.8, 4) is 5.88 Å². The minimum Gasteiger partial charge on any atom is -0.477 e. The Kier molecular flexibility index (Phi) is 6.14. The molecule has 5 saturated carbocycles. The van der Waals surface area contributed by atoms with Gasteiger partial charge in [-0.1, -0.05) is 19.3 Å². The Hall–Kier alpha value is -1.56. The molecule has 4 bridgehead atoms. The van der Waals surface area contributed by atoms with Gasteiger partial charge in [-0.15, -0.1) is 0 Å². The zero-order valence-electron chi connectivity index (χ0n) is 20.2. The van der Waals surface area contributed by atoms with E-state index in [1.54, 1.807) is 6.20 Å². The second kappa shape index (κ2) is 9.24. The summed E-state index contributed by atoms with van der Waals surface area (Å²) in [5.41, 5.74) is 0.680. The Morgan fingerprint density at radius 3 is 2.33 bits per heavy atom. The lowest BCUT2D eigenvalue weighted by atomic mass is 9.53. The monoisotopic (exact) mass is 454 g/mol. The zero-order valence-corrected chi connectivity index (χ0v) is 20.2. The van der Waals surface area contributed by atoms with Crippen LogP contribution in [0.5, 0.6) is 5.88 Å². The Morgan fingerprint density at radius 1 is 1.00 bits per heavy atom. The third-order valence-corrected chi connectivity index (χ3v) is 9.52. The molecule has 1 aromatic rings. The van der Waals surface area contributed by atoms with Gasteiger partial charge in [0.15, 0.2) is 0 Å². The molecule has 6 aliphatic rings. The number of hydrogen-bond acceptors (Lipinski definition) is 4. The molecule has 6 fully saturated rings. The fourth-order valence-electron chi connectivity index (χ4n) is 8.24. The normalized spacial score (nSPS) is 34.5. The van der Waals surface area contributed by atoms with Crippen molar-refractivity contribution in [1.29, 1.82) is 0 Å². The van der Waals surface area contributed by atoms with E-state index in [1.165, 1.54) is 70.6 Å². The van der Waals surface area contributed by atoms with Crippen molar-refractivity contribution < 1.29 is 9.53 Å². The summed E-state index contributed by atoms with van der Waals surface area (Å²) >= 11 is 0. The van der Waals surface area contributed by atoms with Crippen LogP contribution in [-0.4, -0.2) is 40.9 Å². The quantitative estimate of drug-likeness (QED) is 0.635. The van der Waals surface area contributed by atoms with Crippen LogP contribution in [0, 0.1) is 29.6 Å². The van der Waals surface area contributed by atoms with E-state index < -0.39 is 0 Å². The van der Waals surface area contributed by atoms with Gasteiger partial charge in [0.1, 0.15) is 5.56 Å². The van der Waals surface area contributed by atoms with Gasteiger partial charge in [0.2, 0.25) is 5.88 Å². The van der Waals surface area contributed by atoms with Crippen LogP contribution in [0.1, 0.15) is 93.8 Å². The average molecular weight is 455 g/mol. The summed E-state index contributed by atoms with van der Waals surface area (Å²) in [4.78, 5) is 13.7. The maximum atomic E-state index is 13.7. The summed E-state index contributed by atoms with van der Waals surface area (Å²) in [6, 6.07) is 0. The molecule has 5 aliphatic carbocycles. The SMILES string of the molecule is O=C(NC12CC3CC(CC(C3)C1)C2)c1cnn(CC2CCNCC2)c1OCC1CCCCC1. The molecule has 0 spiro atoms. The summed E-state index contributed by atoms with van der Waals surface area (Å²) in [5, 5.41) is 11.7. The lowest BCUT2D eigenvalue weighted by Gasteiger charge is -2.56. The molecular formula is C27H42N4O2. The smallest absolute Gasteiger partial charge is 0.258 e. The Balaban J connectivity index is 1.19. The zero-order chi connectivity index (χ0) is 22.3. The van der Waals surface area contributed by atoms with Crippen LogP contribution in [0.2, 0.25) is 0 Å². The van der Waals surface area contributed by atoms with Gasteiger partial charge < -0.3 is 15.4 Å². The topological polar surface area (TPSA) is 68.2 Å². The molecule has 2 heterocycles. The summed E-state index contributed by atoms with van der Waals surface area (Å²) in [6.45, 7) is 3.72. The second-order valence-electron chi connectivity index (χ2n) is 12.2. The lowest BCUT2D eigenvalue weighted by Crippen LogP contribution is -2.59. The van der Waals surface area contributed by atoms with E-state index in [-0.39, 0.29) is 11.4 Å². The minimum atomic E-state index is 0.0175. The van der Waals surface area contributed by atoms with Gasteiger partial charge >= 0.3 is 0 Å². The fraction of sp³-hybridized carbons (Fsp3) is 0.852. The number of nitrogens with one attached hydrogen (secondary N) is 2. The number of nitrogens with zero attached hydrogens (tertiary/aromatic N) is 2. The van der Waals surface area contributed by atoms with E-state index in [9.17, 15) is 4.79 Å². The van der Waals surface area contributed by atoms with Crippen molar-refractivity contribution in [3.05, 3.63) is 11.8 Å². The van der Waals surface area contributed by atoms with Crippen molar-refractivity contribution >= 4 is 5.91 Å². The fourth-order valence-corrected chi connectivity index (χ4v) is 8.24. The van der Waals surface area contributed by atoms with Crippen LogP contribution in [0.3, 0.4) is 0 Å². The van der Waals surface area contributed by atoms with Crippen molar-refractivity contribution in [2.24, 2.45) is 29.6 Å². The molecule has 1 aromatic heterocycles. The van der Waals surface area contributed by atoms with E-state index >= 15 is 0 Å². The van der Waals surface area contributed by atoms with Crippen molar-refractivity contribution in [2.75, 3.05) is 19.7 Å². The number of piperidine rings is 1. The van der Waals surface area contributed by atoms with Crippen LogP contribution in [0.4, 0.5) is 0 Å². The Morgan fingerprint density at radius 2 is 1.67 bits per heavy atom. The molecule has 6 heteroatoms. The predicted molar refractivity (Wildman–Crippen MR) is 128 cm³/mol. The average Bonchev–Trinajstić information content (AvgIpc) is 3.20. The Bertz CT molecular complexity index is 802. The van der Waals surface area contributed by atoms with E-state index in [0.29, 0.717) is 17.4 Å².